The van der Waals surface area contributed by atoms with Gasteiger partial charge < -0.3 is 9.80 Å². The van der Waals surface area contributed by atoms with Gasteiger partial charge in [-0.3, -0.25) is 9.59 Å². The molecule has 0 unspecified atom stereocenters. The standard InChI is InChI=1S/C22H27FN2O2/c1-15-21(2,3)17-7-8-22(15,14-17)20(27)25-11-9-24(10-12-25)19(26)16-5-4-6-18(23)13-16/h4-6,13,17H,1,7-12,14H2,2-3H3/t17-,22+/m0/s1. The summed E-state index contributed by atoms with van der Waals surface area (Å²) in [6.07, 6.45) is 2.91. The van der Waals surface area contributed by atoms with Gasteiger partial charge in [-0.05, 0) is 48.8 Å². The lowest BCUT2D eigenvalue weighted by molar-refractivity contribution is -0.141. The maximum absolute atomic E-state index is 13.4. The molecule has 27 heavy (non-hydrogen) atoms. The Morgan fingerprint density at radius 3 is 2.41 bits per heavy atom. The van der Waals surface area contributed by atoms with Crippen LogP contribution in [0, 0.1) is 22.6 Å². The van der Waals surface area contributed by atoms with Crippen molar-refractivity contribution in [2.45, 2.75) is 33.1 Å². The zero-order valence-electron chi connectivity index (χ0n) is 16.1. The van der Waals surface area contributed by atoms with E-state index in [1.807, 2.05) is 4.90 Å². The summed E-state index contributed by atoms with van der Waals surface area (Å²) in [6.45, 7) is 10.8. The quantitative estimate of drug-likeness (QED) is 0.748. The van der Waals surface area contributed by atoms with E-state index in [1.54, 1.807) is 17.0 Å². The van der Waals surface area contributed by atoms with Crippen LogP contribution in [0.25, 0.3) is 0 Å². The molecule has 2 aliphatic carbocycles. The second kappa shape index (κ2) is 6.18. The molecular formula is C22H27FN2O2. The summed E-state index contributed by atoms with van der Waals surface area (Å²) in [5, 5.41) is 0. The Hall–Kier alpha value is -2.17. The van der Waals surface area contributed by atoms with Crippen LogP contribution in [0.2, 0.25) is 0 Å². The van der Waals surface area contributed by atoms with E-state index in [2.05, 4.69) is 20.4 Å². The van der Waals surface area contributed by atoms with E-state index in [9.17, 15) is 14.0 Å². The topological polar surface area (TPSA) is 40.6 Å². The van der Waals surface area contributed by atoms with Crippen molar-refractivity contribution in [1.29, 1.82) is 0 Å². The summed E-state index contributed by atoms with van der Waals surface area (Å²) >= 11 is 0. The van der Waals surface area contributed by atoms with Gasteiger partial charge in [0.05, 0.1) is 5.41 Å². The predicted octanol–water partition coefficient (Wildman–Crippen LogP) is 3.49. The van der Waals surface area contributed by atoms with Gasteiger partial charge in [0.15, 0.2) is 0 Å². The Balaban J connectivity index is 1.43. The third-order valence-corrected chi connectivity index (χ3v) is 7.23. The number of rotatable bonds is 2. The monoisotopic (exact) mass is 370 g/mol. The number of hydrogen-bond acceptors (Lipinski definition) is 2. The van der Waals surface area contributed by atoms with Crippen LogP contribution < -0.4 is 0 Å². The SMILES string of the molecule is C=C1C(C)(C)[C@H]2CC[C@@]1(C(=O)N1CCN(C(=O)c3cccc(F)c3)CC1)C2. The second-order valence-electron chi connectivity index (χ2n) is 8.82. The Kier molecular flexibility index (Phi) is 4.17. The van der Waals surface area contributed by atoms with Crippen LogP contribution in [0.15, 0.2) is 36.4 Å². The molecule has 1 aliphatic heterocycles. The molecule has 0 aromatic heterocycles. The van der Waals surface area contributed by atoms with Crippen LogP contribution in [0.1, 0.15) is 43.5 Å². The van der Waals surface area contributed by atoms with Gasteiger partial charge in [-0.25, -0.2) is 4.39 Å². The zero-order valence-corrected chi connectivity index (χ0v) is 16.1. The molecule has 144 valence electrons. The molecular weight excluding hydrogens is 343 g/mol. The van der Waals surface area contributed by atoms with Crippen molar-refractivity contribution in [3.63, 3.8) is 0 Å². The van der Waals surface area contributed by atoms with Gasteiger partial charge in [-0.1, -0.05) is 32.1 Å². The second-order valence-corrected chi connectivity index (χ2v) is 8.82. The Bertz CT molecular complexity index is 810. The molecule has 0 radical (unpaired) electrons. The Morgan fingerprint density at radius 1 is 1.15 bits per heavy atom. The van der Waals surface area contributed by atoms with Gasteiger partial charge >= 0.3 is 0 Å². The summed E-state index contributed by atoms with van der Waals surface area (Å²) in [5.74, 6) is 0.155. The van der Waals surface area contributed by atoms with Gasteiger partial charge in [-0.2, -0.15) is 0 Å². The fourth-order valence-corrected chi connectivity index (χ4v) is 5.34. The summed E-state index contributed by atoms with van der Waals surface area (Å²) in [7, 11) is 0. The molecule has 1 saturated heterocycles. The molecule has 2 amide bonds. The van der Waals surface area contributed by atoms with Crippen LogP contribution in [0.4, 0.5) is 4.39 Å². The summed E-state index contributed by atoms with van der Waals surface area (Å²) < 4.78 is 13.4. The zero-order chi connectivity index (χ0) is 19.4. The molecule has 4 rings (SSSR count). The first-order valence-electron chi connectivity index (χ1n) is 9.80. The van der Waals surface area contributed by atoms with E-state index in [1.165, 1.54) is 12.1 Å². The van der Waals surface area contributed by atoms with E-state index in [-0.39, 0.29) is 17.2 Å². The third-order valence-electron chi connectivity index (χ3n) is 7.23. The number of nitrogens with zero attached hydrogens (tertiary/aromatic N) is 2. The van der Waals surface area contributed by atoms with E-state index >= 15 is 0 Å². The van der Waals surface area contributed by atoms with Gasteiger partial charge in [0, 0.05) is 31.7 Å². The molecule has 4 nitrogen and oxygen atoms in total. The van der Waals surface area contributed by atoms with Crippen molar-refractivity contribution in [3.8, 4) is 0 Å². The normalized spacial score (nSPS) is 29.3. The first kappa shape index (κ1) is 18.2. The number of piperazine rings is 1. The van der Waals surface area contributed by atoms with Crippen molar-refractivity contribution >= 4 is 11.8 Å². The predicted molar refractivity (Wildman–Crippen MR) is 102 cm³/mol. The van der Waals surface area contributed by atoms with E-state index in [0.29, 0.717) is 37.7 Å². The number of fused-ring (bicyclic) bond motifs is 2. The fraction of sp³-hybridized carbons (Fsp3) is 0.545. The smallest absolute Gasteiger partial charge is 0.254 e. The fourth-order valence-electron chi connectivity index (χ4n) is 5.34. The number of amides is 2. The molecule has 2 bridgehead atoms. The van der Waals surface area contributed by atoms with Crippen molar-refractivity contribution in [2.75, 3.05) is 26.2 Å². The molecule has 1 heterocycles. The minimum atomic E-state index is -0.410. The minimum Gasteiger partial charge on any atom is -0.338 e. The molecule has 1 aromatic rings. The molecule has 5 heteroatoms. The van der Waals surface area contributed by atoms with Crippen molar-refractivity contribution in [2.24, 2.45) is 16.7 Å². The lowest BCUT2D eigenvalue weighted by Crippen LogP contribution is -2.54. The number of benzene rings is 1. The summed E-state index contributed by atoms with van der Waals surface area (Å²) in [4.78, 5) is 29.6. The van der Waals surface area contributed by atoms with Crippen LogP contribution in [0.5, 0.6) is 0 Å². The number of halogens is 1. The summed E-state index contributed by atoms with van der Waals surface area (Å²) in [5.41, 5.74) is 1.08. The third kappa shape index (κ3) is 2.70. The Labute approximate surface area is 160 Å². The molecule has 0 N–H and O–H groups in total. The highest BCUT2D eigenvalue weighted by molar-refractivity contribution is 5.94. The summed E-state index contributed by atoms with van der Waals surface area (Å²) in [6, 6.07) is 5.77. The highest BCUT2D eigenvalue weighted by Crippen LogP contribution is 2.65. The lowest BCUT2D eigenvalue weighted by Gasteiger charge is -2.42. The molecule has 0 spiro atoms. The minimum absolute atomic E-state index is 0.0308. The molecule has 2 atom stereocenters. The van der Waals surface area contributed by atoms with Crippen molar-refractivity contribution in [1.82, 2.24) is 9.80 Å². The highest BCUT2D eigenvalue weighted by atomic mass is 19.1. The van der Waals surface area contributed by atoms with E-state index in [0.717, 1.165) is 24.8 Å². The first-order chi connectivity index (χ1) is 12.8. The number of carbonyl (C=O) groups is 2. The molecule has 3 aliphatic rings. The average molecular weight is 370 g/mol. The van der Waals surface area contributed by atoms with Crippen LogP contribution in [-0.2, 0) is 4.79 Å². The molecule has 2 saturated carbocycles. The van der Waals surface area contributed by atoms with Crippen LogP contribution in [-0.4, -0.2) is 47.8 Å². The van der Waals surface area contributed by atoms with Crippen LogP contribution >= 0.6 is 0 Å². The number of carbonyl (C=O) groups excluding carboxylic acids is 2. The van der Waals surface area contributed by atoms with Crippen molar-refractivity contribution < 1.29 is 14.0 Å². The van der Waals surface area contributed by atoms with Gasteiger partial charge in [0.2, 0.25) is 5.91 Å². The van der Waals surface area contributed by atoms with E-state index < -0.39 is 11.2 Å². The average Bonchev–Trinajstić information content (AvgIpc) is 3.20. The maximum Gasteiger partial charge on any atom is 0.254 e. The van der Waals surface area contributed by atoms with Crippen LogP contribution in [0.3, 0.4) is 0 Å². The Morgan fingerprint density at radius 2 is 1.81 bits per heavy atom. The van der Waals surface area contributed by atoms with E-state index in [4.69, 9.17) is 0 Å². The lowest BCUT2D eigenvalue weighted by atomic mass is 9.68. The highest BCUT2D eigenvalue weighted by Gasteiger charge is 2.61. The maximum atomic E-state index is 13.4. The first-order valence-corrected chi connectivity index (χ1v) is 9.80. The molecule has 1 aromatic carbocycles. The number of hydrogen-bond donors (Lipinski definition) is 0. The largest absolute Gasteiger partial charge is 0.338 e. The van der Waals surface area contributed by atoms with Gasteiger partial charge in [0.1, 0.15) is 5.82 Å². The van der Waals surface area contributed by atoms with Crippen molar-refractivity contribution in [3.05, 3.63) is 47.8 Å². The molecule has 3 fully saturated rings. The van der Waals surface area contributed by atoms with Gasteiger partial charge in [0.25, 0.3) is 5.91 Å². The van der Waals surface area contributed by atoms with Gasteiger partial charge in [-0.15, -0.1) is 0 Å².